The van der Waals surface area contributed by atoms with Crippen molar-refractivity contribution in [1.29, 1.82) is 0 Å². The summed E-state index contributed by atoms with van der Waals surface area (Å²) in [6, 6.07) is 4.97. The Morgan fingerprint density at radius 2 is 2.04 bits per heavy atom. The fourth-order valence-corrected chi connectivity index (χ4v) is 2.91. The quantitative estimate of drug-likeness (QED) is 0.913. The molecule has 0 unspecified atom stereocenters. The first-order chi connectivity index (χ1) is 11.8. The minimum atomic E-state index is -4.53. The molecule has 0 radical (unpaired) electrons. The number of amides is 1. The number of nitrogens with zero attached hydrogens (tertiary/aromatic N) is 4. The van der Waals surface area contributed by atoms with Crippen LogP contribution in [0.4, 0.5) is 13.2 Å². The number of benzene rings is 1. The molecule has 0 atom stereocenters. The third-order valence-electron chi connectivity index (χ3n) is 4.26. The van der Waals surface area contributed by atoms with Crippen LogP contribution < -0.4 is 0 Å². The number of carbonyl (C=O) groups excluding carboxylic acids is 1. The molecule has 25 heavy (non-hydrogen) atoms. The summed E-state index contributed by atoms with van der Waals surface area (Å²) in [7, 11) is 1.59. The lowest BCUT2D eigenvalue weighted by molar-refractivity contribution is -0.137. The van der Waals surface area contributed by atoms with E-state index in [2.05, 4.69) is 10.3 Å². The maximum atomic E-state index is 13.1. The summed E-state index contributed by atoms with van der Waals surface area (Å²) in [6.45, 7) is 0.460. The Morgan fingerprint density at radius 3 is 2.68 bits per heavy atom. The van der Waals surface area contributed by atoms with Gasteiger partial charge in [0.15, 0.2) is 5.69 Å². The Bertz CT molecular complexity index is 769. The lowest BCUT2D eigenvalue weighted by atomic mass is 9.82. The maximum Gasteiger partial charge on any atom is 0.418 e. The van der Waals surface area contributed by atoms with Gasteiger partial charge in [-0.15, -0.1) is 5.10 Å². The number of hydrogen-bond acceptors (Lipinski definition) is 4. The number of aliphatic hydroxyl groups is 1. The van der Waals surface area contributed by atoms with Crippen LogP contribution in [-0.4, -0.2) is 50.6 Å². The number of alkyl halides is 3. The van der Waals surface area contributed by atoms with Crippen LogP contribution in [0.3, 0.4) is 0 Å². The molecule has 6 nitrogen and oxygen atoms in total. The molecule has 1 aromatic carbocycles. The molecule has 9 heteroatoms. The van der Waals surface area contributed by atoms with Crippen molar-refractivity contribution in [2.45, 2.75) is 25.1 Å². The molecule has 1 heterocycles. The van der Waals surface area contributed by atoms with E-state index in [1.165, 1.54) is 29.3 Å². The SMILES string of the molecule is CN(CC1CC(O)C1)C(=O)c1cn(-c2ccccc2C(F)(F)F)nn1. The van der Waals surface area contributed by atoms with Crippen molar-refractivity contribution in [2.24, 2.45) is 5.92 Å². The summed E-state index contributed by atoms with van der Waals surface area (Å²) in [4.78, 5) is 13.8. The second kappa shape index (κ2) is 6.47. The highest BCUT2D eigenvalue weighted by Crippen LogP contribution is 2.33. The molecule has 1 amide bonds. The van der Waals surface area contributed by atoms with E-state index in [4.69, 9.17) is 0 Å². The van der Waals surface area contributed by atoms with Crippen LogP contribution in [0.1, 0.15) is 28.9 Å². The lowest BCUT2D eigenvalue weighted by Gasteiger charge is -2.34. The van der Waals surface area contributed by atoms with Gasteiger partial charge < -0.3 is 10.0 Å². The van der Waals surface area contributed by atoms with Gasteiger partial charge in [0.2, 0.25) is 0 Å². The summed E-state index contributed by atoms with van der Waals surface area (Å²) >= 11 is 0. The highest BCUT2D eigenvalue weighted by molar-refractivity contribution is 5.91. The standard InChI is InChI=1S/C16H17F3N4O2/c1-22(8-10-6-11(24)7-10)15(25)13-9-23(21-20-13)14-5-3-2-4-12(14)16(17,18)19/h2-5,9-11,24H,6-8H2,1H3. The molecule has 1 saturated carbocycles. The number of hydrogen-bond donors (Lipinski definition) is 1. The van der Waals surface area contributed by atoms with Crippen LogP contribution in [0.5, 0.6) is 0 Å². The van der Waals surface area contributed by atoms with E-state index in [0.29, 0.717) is 19.4 Å². The largest absolute Gasteiger partial charge is 0.418 e. The fraction of sp³-hybridized carbons (Fsp3) is 0.438. The molecule has 0 bridgehead atoms. The average molecular weight is 354 g/mol. The maximum absolute atomic E-state index is 13.1. The van der Waals surface area contributed by atoms with Crippen molar-refractivity contribution < 1.29 is 23.1 Å². The lowest BCUT2D eigenvalue weighted by Crippen LogP contribution is -2.39. The molecule has 1 N–H and O–H groups in total. The van der Waals surface area contributed by atoms with Gasteiger partial charge in [0.1, 0.15) is 0 Å². The van der Waals surface area contributed by atoms with Crippen molar-refractivity contribution in [2.75, 3.05) is 13.6 Å². The molecule has 0 saturated heterocycles. The molecule has 134 valence electrons. The van der Waals surface area contributed by atoms with Gasteiger partial charge in [-0.1, -0.05) is 17.3 Å². The van der Waals surface area contributed by atoms with Gasteiger partial charge in [0, 0.05) is 13.6 Å². The Labute approximate surface area is 141 Å². The number of halogens is 3. The molecule has 2 aromatic rings. The van der Waals surface area contributed by atoms with Crippen LogP contribution in [-0.2, 0) is 6.18 Å². The van der Waals surface area contributed by atoms with Crippen LogP contribution >= 0.6 is 0 Å². The zero-order valence-corrected chi connectivity index (χ0v) is 13.4. The Balaban J connectivity index is 1.78. The predicted molar refractivity (Wildman–Crippen MR) is 82.1 cm³/mol. The van der Waals surface area contributed by atoms with Crippen LogP contribution in [0.2, 0.25) is 0 Å². The Hall–Kier alpha value is -2.42. The molecular weight excluding hydrogens is 337 g/mol. The summed E-state index contributed by atoms with van der Waals surface area (Å²) in [6.07, 6.45) is -2.37. The zero-order chi connectivity index (χ0) is 18.2. The predicted octanol–water partition coefficient (Wildman–Crippen LogP) is 2.13. The first-order valence-corrected chi connectivity index (χ1v) is 7.78. The van der Waals surface area contributed by atoms with Crippen molar-refractivity contribution in [3.8, 4) is 5.69 Å². The first-order valence-electron chi connectivity index (χ1n) is 7.78. The Kier molecular flexibility index (Phi) is 4.51. The van der Waals surface area contributed by atoms with E-state index in [1.807, 2.05) is 0 Å². The number of rotatable bonds is 4. The number of aromatic nitrogens is 3. The monoisotopic (exact) mass is 354 g/mol. The molecule has 1 aromatic heterocycles. The summed E-state index contributed by atoms with van der Waals surface area (Å²) in [5.41, 5.74) is -1.07. The second-order valence-corrected chi connectivity index (χ2v) is 6.24. The summed E-state index contributed by atoms with van der Waals surface area (Å²) < 4.78 is 40.2. The van der Waals surface area contributed by atoms with Gasteiger partial charge in [0.05, 0.1) is 23.6 Å². The third kappa shape index (κ3) is 3.65. The molecule has 0 spiro atoms. The number of aliphatic hydroxyl groups excluding tert-OH is 1. The topological polar surface area (TPSA) is 71.2 Å². The summed E-state index contributed by atoms with van der Waals surface area (Å²) in [5, 5.41) is 16.7. The molecular formula is C16H17F3N4O2. The Morgan fingerprint density at radius 1 is 1.36 bits per heavy atom. The molecule has 1 aliphatic rings. The van der Waals surface area contributed by atoms with Crippen molar-refractivity contribution in [1.82, 2.24) is 19.9 Å². The van der Waals surface area contributed by atoms with E-state index in [0.717, 1.165) is 10.7 Å². The molecule has 1 aliphatic carbocycles. The highest BCUT2D eigenvalue weighted by atomic mass is 19.4. The van der Waals surface area contributed by atoms with E-state index < -0.39 is 17.6 Å². The van der Waals surface area contributed by atoms with Crippen molar-refractivity contribution in [3.05, 3.63) is 41.7 Å². The van der Waals surface area contributed by atoms with E-state index in [9.17, 15) is 23.1 Å². The van der Waals surface area contributed by atoms with Gasteiger partial charge in [-0.3, -0.25) is 4.79 Å². The number of para-hydroxylation sites is 1. The van der Waals surface area contributed by atoms with Gasteiger partial charge >= 0.3 is 6.18 Å². The zero-order valence-electron chi connectivity index (χ0n) is 13.4. The highest BCUT2D eigenvalue weighted by Gasteiger charge is 2.34. The van der Waals surface area contributed by atoms with Crippen LogP contribution in [0.25, 0.3) is 5.69 Å². The normalized spacial score (nSPS) is 20.2. The van der Waals surface area contributed by atoms with Crippen molar-refractivity contribution >= 4 is 5.91 Å². The molecule has 3 rings (SSSR count). The molecule has 0 aliphatic heterocycles. The van der Waals surface area contributed by atoms with Crippen molar-refractivity contribution in [3.63, 3.8) is 0 Å². The molecule has 1 fully saturated rings. The van der Waals surface area contributed by atoms with E-state index in [1.54, 1.807) is 7.05 Å². The minimum absolute atomic E-state index is 0.0284. The minimum Gasteiger partial charge on any atom is -0.393 e. The van der Waals surface area contributed by atoms with Crippen LogP contribution in [0, 0.1) is 5.92 Å². The van der Waals surface area contributed by atoms with E-state index >= 15 is 0 Å². The number of carbonyl (C=O) groups is 1. The van der Waals surface area contributed by atoms with Gasteiger partial charge in [-0.2, -0.15) is 13.2 Å². The average Bonchev–Trinajstić information content (AvgIpc) is 3.01. The van der Waals surface area contributed by atoms with Gasteiger partial charge in [-0.25, -0.2) is 4.68 Å². The summed E-state index contributed by atoms with van der Waals surface area (Å²) in [5.74, 6) is -0.193. The van der Waals surface area contributed by atoms with Gasteiger partial charge in [-0.05, 0) is 30.9 Å². The van der Waals surface area contributed by atoms with E-state index in [-0.39, 0.29) is 23.4 Å². The second-order valence-electron chi connectivity index (χ2n) is 6.24. The van der Waals surface area contributed by atoms with Crippen LogP contribution in [0.15, 0.2) is 30.5 Å². The smallest absolute Gasteiger partial charge is 0.393 e. The fourth-order valence-electron chi connectivity index (χ4n) is 2.91. The van der Waals surface area contributed by atoms with Gasteiger partial charge in [0.25, 0.3) is 5.91 Å². The third-order valence-corrected chi connectivity index (χ3v) is 4.26. The first kappa shape index (κ1) is 17.4.